The molecule has 2 nitrogen and oxygen atoms in total. The molecule has 0 spiro atoms. The van der Waals surface area contributed by atoms with Crippen LogP contribution < -0.4 is 5.32 Å². The van der Waals surface area contributed by atoms with Crippen molar-refractivity contribution in [3.05, 3.63) is 54.3 Å². The second kappa shape index (κ2) is 8.31. The van der Waals surface area contributed by atoms with Gasteiger partial charge in [-0.1, -0.05) is 23.9 Å². The number of halogens is 3. The summed E-state index contributed by atoms with van der Waals surface area (Å²) in [7, 11) is 0. The van der Waals surface area contributed by atoms with Crippen LogP contribution in [0.2, 0.25) is 0 Å². The van der Waals surface area contributed by atoms with E-state index in [1.807, 2.05) is 0 Å². The van der Waals surface area contributed by atoms with Gasteiger partial charge in [0.1, 0.15) is 5.82 Å². The van der Waals surface area contributed by atoms with E-state index in [2.05, 4.69) is 5.32 Å². The minimum Gasteiger partial charge on any atom is -0.325 e. The Morgan fingerprint density at radius 3 is 2.30 bits per heavy atom. The number of amides is 1. The average molecular weight is 357 g/mol. The Morgan fingerprint density at radius 2 is 1.70 bits per heavy atom. The highest BCUT2D eigenvalue weighted by molar-refractivity contribution is 8.00. The number of hydrogen-bond donors (Lipinski definition) is 1. The second-order valence-corrected chi connectivity index (χ2v) is 7.03. The smallest absolute Gasteiger partial charge is 0.288 e. The maximum absolute atomic E-state index is 13.6. The summed E-state index contributed by atoms with van der Waals surface area (Å²) < 4.78 is 38.0. The van der Waals surface area contributed by atoms with Crippen LogP contribution in [0.15, 0.2) is 58.3 Å². The Hall–Kier alpha value is -1.60. The van der Waals surface area contributed by atoms with E-state index < -0.39 is 11.0 Å². The molecule has 1 atom stereocenters. The maximum Gasteiger partial charge on any atom is 0.288 e. The Kier molecular flexibility index (Phi) is 6.41. The van der Waals surface area contributed by atoms with Gasteiger partial charge >= 0.3 is 0 Å². The van der Waals surface area contributed by atoms with E-state index in [0.717, 1.165) is 11.8 Å². The number of thioether (sulfide) groups is 2. The van der Waals surface area contributed by atoms with Crippen LogP contribution in [0.1, 0.15) is 6.92 Å². The maximum atomic E-state index is 13.6. The number of carbonyl (C=O) groups excluding carboxylic acids is 1. The van der Waals surface area contributed by atoms with E-state index >= 15 is 0 Å². The molecule has 7 heteroatoms. The first-order chi connectivity index (χ1) is 11.0. The van der Waals surface area contributed by atoms with Crippen molar-refractivity contribution in [1.29, 1.82) is 0 Å². The highest BCUT2D eigenvalue weighted by Crippen LogP contribution is 2.28. The Bertz CT molecular complexity index is 665. The van der Waals surface area contributed by atoms with Gasteiger partial charge in [-0.05, 0) is 43.3 Å². The largest absolute Gasteiger partial charge is 0.325 e. The van der Waals surface area contributed by atoms with Gasteiger partial charge in [0.15, 0.2) is 0 Å². The third-order valence-electron chi connectivity index (χ3n) is 2.86. The van der Waals surface area contributed by atoms with Gasteiger partial charge in [0.25, 0.3) is 5.76 Å². The standard InChI is InChI=1S/C16H14F3NOS2/c1-10(22-14-5-3-2-4-13(14)17)15(21)20-11-6-8-12(9-7-11)23-16(18)19/h2-10,16H,1H3,(H,20,21)/t10-/m0/s1. The molecule has 23 heavy (non-hydrogen) atoms. The molecule has 0 radical (unpaired) electrons. The lowest BCUT2D eigenvalue weighted by Crippen LogP contribution is -2.22. The molecule has 0 heterocycles. The molecule has 0 aliphatic rings. The zero-order valence-electron chi connectivity index (χ0n) is 12.1. The summed E-state index contributed by atoms with van der Waals surface area (Å²) in [6, 6.07) is 12.4. The van der Waals surface area contributed by atoms with E-state index in [0.29, 0.717) is 27.2 Å². The highest BCUT2D eigenvalue weighted by Gasteiger charge is 2.16. The summed E-state index contributed by atoms with van der Waals surface area (Å²) in [6.07, 6.45) is 0. The number of carbonyl (C=O) groups is 1. The molecular formula is C16H14F3NOS2. The third-order valence-corrected chi connectivity index (χ3v) is 4.73. The number of anilines is 1. The molecule has 0 aromatic heterocycles. The SMILES string of the molecule is C[C@H](Sc1ccccc1F)C(=O)Nc1ccc(SC(F)F)cc1. The molecule has 0 aliphatic heterocycles. The van der Waals surface area contributed by atoms with Gasteiger partial charge in [-0.3, -0.25) is 4.79 Å². The van der Waals surface area contributed by atoms with Crippen molar-refractivity contribution >= 4 is 35.1 Å². The topological polar surface area (TPSA) is 29.1 Å². The van der Waals surface area contributed by atoms with Gasteiger partial charge < -0.3 is 5.32 Å². The predicted molar refractivity (Wildman–Crippen MR) is 88.7 cm³/mol. The van der Waals surface area contributed by atoms with Gasteiger partial charge in [0.2, 0.25) is 5.91 Å². The van der Waals surface area contributed by atoms with E-state index in [1.54, 1.807) is 37.3 Å². The van der Waals surface area contributed by atoms with E-state index in [9.17, 15) is 18.0 Å². The van der Waals surface area contributed by atoms with Gasteiger partial charge in [-0.25, -0.2) is 4.39 Å². The first kappa shape index (κ1) is 17.7. The number of benzene rings is 2. The van der Waals surface area contributed by atoms with E-state index in [4.69, 9.17) is 0 Å². The monoisotopic (exact) mass is 357 g/mol. The normalized spacial score (nSPS) is 12.2. The van der Waals surface area contributed by atoms with Crippen LogP contribution in [0.25, 0.3) is 0 Å². The summed E-state index contributed by atoms with van der Waals surface area (Å²) in [5, 5.41) is 2.18. The molecule has 0 saturated carbocycles. The van der Waals surface area contributed by atoms with Crippen LogP contribution in [-0.4, -0.2) is 16.9 Å². The van der Waals surface area contributed by atoms with Crippen molar-refractivity contribution in [3.63, 3.8) is 0 Å². The zero-order valence-corrected chi connectivity index (χ0v) is 13.8. The summed E-state index contributed by atoms with van der Waals surface area (Å²) >= 11 is 1.56. The molecule has 2 rings (SSSR count). The van der Waals surface area contributed by atoms with Crippen LogP contribution in [-0.2, 0) is 4.79 Å². The van der Waals surface area contributed by atoms with Gasteiger partial charge in [-0.15, -0.1) is 11.8 Å². The fourth-order valence-corrected chi connectivity index (χ4v) is 3.13. The number of rotatable bonds is 6. The summed E-state index contributed by atoms with van der Waals surface area (Å²) in [5.41, 5.74) is 0.509. The minimum atomic E-state index is -2.48. The Labute approximate surface area is 140 Å². The van der Waals surface area contributed by atoms with Crippen molar-refractivity contribution in [2.45, 2.75) is 27.7 Å². The van der Waals surface area contributed by atoms with Crippen molar-refractivity contribution in [2.24, 2.45) is 0 Å². The molecule has 1 amide bonds. The number of nitrogens with one attached hydrogen (secondary N) is 1. The molecule has 2 aromatic carbocycles. The summed E-state index contributed by atoms with van der Waals surface area (Å²) in [4.78, 5) is 12.9. The van der Waals surface area contributed by atoms with Crippen molar-refractivity contribution in [3.8, 4) is 0 Å². The molecule has 2 aromatic rings. The molecule has 0 bridgehead atoms. The molecule has 1 N–H and O–H groups in total. The van der Waals surface area contributed by atoms with Crippen molar-refractivity contribution < 1.29 is 18.0 Å². The molecular weight excluding hydrogens is 343 g/mol. The number of hydrogen-bond acceptors (Lipinski definition) is 3. The van der Waals surface area contributed by atoms with Crippen LogP contribution >= 0.6 is 23.5 Å². The lowest BCUT2D eigenvalue weighted by molar-refractivity contribution is -0.115. The zero-order chi connectivity index (χ0) is 16.8. The van der Waals surface area contributed by atoms with E-state index in [1.165, 1.54) is 18.2 Å². The van der Waals surface area contributed by atoms with Gasteiger partial charge in [-0.2, -0.15) is 8.78 Å². The van der Waals surface area contributed by atoms with Crippen molar-refractivity contribution in [2.75, 3.05) is 5.32 Å². The first-order valence-corrected chi connectivity index (χ1v) is 8.48. The highest BCUT2D eigenvalue weighted by atomic mass is 32.2. The predicted octanol–water partition coefficient (Wildman–Crippen LogP) is 5.26. The van der Waals surface area contributed by atoms with Crippen LogP contribution in [0.4, 0.5) is 18.9 Å². The molecule has 0 saturated heterocycles. The van der Waals surface area contributed by atoms with Crippen LogP contribution in [0.3, 0.4) is 0 Å². The molecule has 0 unspecified atom stereocenters. The minimum absolute atomic E-state index is 0.285. The third kappa shape index (κ3) is 5.51. The lowest BCUT2D eigenvalue weighted by Gasteiger charge is -2.12. The fraction of sp³-hybridized carbons (Fsp3) is 0.188. The van der Waals surface area contributed by atoms with Crippen LogP contribution in [0.5, 0.6) is 0 Å². The fourth-order valence-electron chi connectivity index (χ4n) is 1.75. The van der Waals surface area contributed by atoms with Crippen LogP contribution in [0, 0.1) is 5.82 Å². The number of alkyl halides is 2. The second-order valence-electron chi connectivity index (χ2n) is 4.58. The molecule has 0 fully saturated rings. The van der Waals surface area contributed by atoms with Gasteiger partial charge in [0.05, 0.1) is 5.25 Å². The first-order valence-electron chi connectivity index (χ1n) is 6.72. The molecule has 122 valence electrons. The van der Waals surface area contributed by atoms with Crippen molar-refractivity contribution in [1.82, 2.24) is 0 Å². The Morgan fingerprint density at radius 1 is 1.04 bits per heavy atom. The summed E-state index contributed by atoms with van der Waals surface area (Å²) in [6.45, 7) is 1.67. The lowest BCUT2D eigenvalue weighted by atomic mass is 10.3. The average Bonchev–Trinajstić information content (AvgIpc) is 2.51. The van der Waals surface area contributed by atoms with E-state index in [-0.39, 0.29) is 11.7 Å². The summed E-state index contributed by atoms with van der Waals surface area (Å²) in [5.74, 6) is -3.13. The quantitative estimate of drug-likeness (QED) is 0.715. The Balaban J connectivity index is 1.94. The molecule has 0 aliphatic carbocycles. The van der Waals surface area contributed by atoms with Gasteiger partial charge in [0, 0.05) is 15.5 Å².